The molecule has 0 aromatic heterocycles. The molecular formula is C21H30N2O5. The molecule has 0 aliphatic carbocycles. The van der Waals surface area contributed by atoms with Crippen LogP contribution in [0, 0.1) is 0 Å². The molecular weight excluding hydrogens is 360 g/mol. The third-order valence-electron chi connectivity index (χ3n) is 4.73. The van der Waals surface area contributed by atoms with Crippen molar-refractivity contribution in [3.63, 3.8) is 0 Å². The van der Waals surface area contributed by atoms with E-state index in [4.69, 9.17) is 14.2 Å². The summed E-state index contributed by atoms with van der Waals surface area (Å²) in [6, 6.07) is 3.66. The van der Waals surface area contributed by atoms with Crippen molar-refractivity contribution in [1.82, 2.24) is 9.80 Å². The summed E-state index contributed by atoms with van der Waals surface area (Å²) in [5.74, 6) is 1.42. The first-order valence-electron chi connectivity index (χ1n) is 9.93. The molecule has 1 aromatic rings. The van der Waals surface area contributed by atoms with Gasteiger partial charge in [-0.2, -0.15) is 0 Å². The van der Waals surface area contributed by atoms with Gasteiger partial charge in [-0.05, 0) is 39.3 Å². The third kappa shape index (κ3) is 4.76. The lowest BCUT2D eigenvalue weighted by atomic mass is 10.1. The Balaban J connectivity index is 1.67. The number of fused-ring (bicyclic) bond motifs is 1. The molecule has 2 aliphatic heterocycles. The minimum atomic E-state index is -0.492. The molecule has 1 saturated heterocycles. The first-order chi connectivity index (χ1) is 13.3. The normalized spacial score (nSPS) is 17.3. The van der Waals surface area contributed by atoms with Gasteiger partial charge in [0.15, 0.2) is 6.61 Å². The lowest BCUT2D eigenvalue weighted by Gasteiger charge is -2.35. The number of hydrogen-bond donors (Lipinski definition) is 0. The van der Waals surface area contributed by atoms with Crippen LogP contribution in [0.5, 0.6) is 11.5 Å². The number of ketones is 1. The summed E-state index contributed by atoms with van der Waals surface area (Å²) in [5.41, 5.74) is 1.06. The maximum absolute atomic E-state index is 12.2. The molecule has 1 fully saturated rings. The third-order valence-corrected chi connectivity index (χ3v) is 4.73. The molecule has 2 heterocycles. The minimum Gasteiger partial charge on any atom is -0.493 e. The van der Waals surface area contributed by atoms with Crippen molar-refractivity contribution >= 4 is 11.9 Å². The van der Waals surface area contributed by atoms with Gasteiger partial charge in [0.2, 0.25) is 5.78 Å². The number of piperazine rings is 1. The first-order valence-corrected chi connectivity index (χ1v) is 9.93. The van der Waals surface area contributed by atoms with Crippen molar-refractivity contribution in [2.24, 2.45) is 0 Å². The zero-order valence-electron chi connectivity index (χ0n) is 17.2. The molecule has 0 radical (unpaired) electrons. The molecule has 7 heteroatoms. The molecule has 0 spiro atoms. The number of Topliss-reactive ketones (excluding diaryl/α,β-unsaturated/α-hetero) is 1. The largest absolute Gasteiger partial charge is 0.493 e. The predicted octanol–water partition coefficient (Wildman–Crippen LogP) is 3.10. The summed E-state index contributed by atoms with van der Waals surface area (Å²) in [7, 11) is 0. The highest BCUT2D eigenvalue weighted by Crippen LogP contribution is 2.37. The molecule has 1 amide bonds. The number of carbonyl (C=O) groups is 2. The van der Waals surface area contributed by atoms with E-state index in [9.17, 15) is 9.59 Å². The highest BCUT2D eigenvalue weighted by Gasteiger charge is 2.30. The lowest BCUT2D eigenvalue weighted by molar-refractivity contribution is 0.0137. The van der Waals surface area contributed by atoms with E-state index in [2.05, 4.69) is 11.8 Å². The van der Waals surface area contributed by atoms with Crippen LogP contribution < -0.4 is 9.47 Å². The molecule has 1 aromatic carbocycles. The van der Waals surface area contributed by atoms with E-state index in [0.29, 0.717) is 37.6 Å². The van der Waals surface area contributed by atoms with Gasteiger partial charge in [-0.3, -0.25) is 9.69 Å². The summed E-state index contributed by atoms with van der Waals surface area (Å²) in [6.45, 7) is 11.7. The molecule has 0 unspecified atom stereocenters. The Morgan fingerprint density at radius 3 is 2.54 bits per heavy atom. The van der Waals surface area contributed by atoms with Crippen LogP contribution in [-0.4, -0.2) is 66.7 Å². The number of hydrogen-bond acceptors (Lipinski definition) is 6. The van der Waals surface area contributed by atoms with Gasteiger partial charge in [-0.1, -0.05) is 6.92 Å². The standard InChI is InChI=1S/C21H30N2O5/c1-5-12-26-18-7-6-15-17(24)14-27-19(15)16(18)13-22-8-10-23(11-9-22)20(25)28-21(2,3)4/h6-7H,5,8-14H2,1-4H3. The smallest absolute Gasteiger partial charge is 0.410 e. The average Bonchev–Trinajstić information content (AvgIpc) is 3.01. The SMILES string of the molecule is CCCOc1ccc2c(c1CN1CCN(C(=O)OC(C)(C)C)CC1)OCC2=O. The van der Waals surface area contributed by atoms with Gasteiger partial charge in [0, 0.05) is 32.7 Å². The summed E-state index contributed by atoms with van der Waals surface area (Å²) in [5, 5.41) is 0. The Hall–Kier alpha value is -2.28. The van der Waals surface area contributed by atoms with Gasteiger partial charge in [0.05, 0.1) is 17.7 Å². The van der Waals surface area contributed by atoms with Crippen LogP contribution in [0.1, 0.15) is 50.0 Å². The topological polar surface area (TPSA) is 68.3 Å². The molecule has 0 saturated carbocycles. The number of ether oxygens (including phenoxy) is 3. The van der Waals surface area contributed by atoms with Gasteiger partial charge in [-0.25, -0.2) is 4.79 Å². The maximum Gasteiger partial charge on any atom is 0.410 e. The van der Waals surface area contributed by atoms with E-state index >= 15 is 0 Å². The van der Waals surface area contributed by atoms with E-state index in [-0.39, 0.29) is 18.5 Å². The van der Waals surface area contributed by atoms with Crippen molar-refractivity contribution in [1.29, 1.82) is 0 Å². The summed E-state index contributed by atoms with van der Waals surface area (Å²) in [4.78, 5) is 28.3. The number of amides is 1. The van der Waals surface area contributed by atoms with E-state index < -0.39 is 5.60 Å². The quantitative estimate of drug-likeness (QED) is 0.770. The summed E-state index contributed by atoms with van der Waals surface area (Å²) in [6.07, 6.45) is 0.638. The van der Waals surface area contributed by atoms with Crippen LogP contribution in [0.2, 0.25) is 0 Å². The molecule has 3 rings (SSSR count). The Labute approximate surface area is 166 Å². The molecule has 0 N–H and O–H groups in total. The Kier molecular flexibility index (Phi) is 6.13. The first kappa shape index (κ1) is 20.5. The van der Waals surface area contributed by atoms with Crippen LogP contribution in [0.4, 0.5) is 4.79 Å². The van der Waals surface area contributed by atoms with Crippen LogP contribution in [-0.2, 0) is 11.3 Å². The average molecular weight is 390 g/mol. The number of benzene rings is 1. The van der Waals surface area contributed by atoms with Gasteiger partial charge < -0.3 is 19.1 Å². The minimum absolute atomic E-state index is 0.00744. The zero-order valence-corrected chi connectivity index (χ0v) is 17.2. The molecule has 0 bridgehead atoms. The van der Waals surface area contributed by atoms with Gasteiger partial charge in [0.1, 0.15) is 17.1 Å². The maximum atomic E-state index is 12.2. The molecule has 2 aliphatic rings. The fourth-order valence-corrected chi connectivity index (χ4v) is 3.35. The molecule has 7 nitrogen and oxygen atoms in total. The van der Waals surface area contributed by atoms with Crippen LogP contribution in [0.15, 0.2) is 12.1 Å². The molecule has 0 atom stereocenters. The fourth-order valence-electron chi connectivity index (χ4n) is 3.35. The Bertz CT molecular complexity index is 733. The van der Waals surface area contributed by atoms with E-state index in [1.165, 1.54) is 0 Å². The number of nitrogens with zero attached hydrogens (tertiary/aromatic N) is 2. The highest BCUT2D eigenvalue weighted by molar-refractivity contribution is 6.03. The Morgan fingerprint density at radius 2 is 1.89 bits per heavy atom. The number of rotatable bonds is 5. The second kappa shape index (κ2) is 8.39. The monoisotopic (exact) mass is 390 g/mol. The second-order valence-electron chi connectivity index (χ2n) is 8.22. The van der Waals surface area contributed by atoms with Crippen molar-refractivity contribution in [2.75, 3.05) is 39.4 Å². The lowest BCUT2D eigenvalue weighted by Crippen LogP contribution is -2.49. The van der Waals surface area contributed by atoms with Gasteiger partial charge in [-0.15, -0.1) is 0 Å². The molecule has 28 heavy (non-hydrogen) atoms. The van der Waals surface area contributed by atoms with E-state index in [1.807, 2.05) is 26.8 Å². The van der Waals surface area contributed by atoms with Crippen LogP contribution in [0.25, 0.3) is 0 Å². The van der Waals surface area contributed by atoms with Crippen molar-refractivity contribution in [2.45, 2.75) is 46.3 Å². The van der Waals surface area contributed by atoms with Crippen molar-refractivity contribution in [3.05, 3.63) is 23.3 Å². The number of carbonyl (C=O) groups excluding carboxylic acids is 2. The van der Waals surface area contributed by atoms with Gasteiger partial charge >= 0.3 is 6.09 Å². The highest BCUT2D eigenvalue weighted by atomic mass is 16.6. The van der Waals surface area contributed by atoms with E-state index in [0.717, 1.165) is 30.8 Å². The predicted molar refractivity (Wildman–Crippen MR) is 105 cm³/mol. The van der Waals surface area contributed by atoms with Crippen LogP contribution >= 0.6 is 0 Å². The van der Waals surface area contributed by atoms with E-state index in [1.54, 1.807) is 11.0 Å². The summed E-state index contributed by atoms with van der Waals surface area (Å²) >= 11 is 0. The molecule has 154 valence electrons. The van der Waals surface area contributed by atoms with Gasteiger partial charge in [0.25, 0.3) is 0 Å². The summed E-state index contributed by atoms with van der Waals surface area (Å²) < 4.78 is 17.0. The second-order valence-corrected chi connectivity index (χ2v) is 8.22. The zero-order chi connectivity index (χ0) is 20.3. The fraction of sp³-hybridized carbons (Fsp3) is 0.619. The van der Waals surface area contributed by atoms with Crippen molar-refractivity contribution < 1.29 is 23.8 Å². The van der Waals surface area contributed by atoms with Crippen molar-refractivity contribution in [3.8, 4) is 11.5 Å². The Morgan fingerprint density at radius 1 is 1.18 bits per heavy atom. The van der Waals surface area contributed by atoms with Crippen LogP contribution in [0.3, 0.4) is 0 Å².